The van der Waals surface area contributed by atoms with E-state index in [9.17, 15) is 29.4 Å². The Labute approximate surface area is 660 Å². The Hall–Kier alpha value is -11.6. The van der Waals surface area contributed by atoms with Crippen LogP contribution in [0, 0.1) is 17.8 Å². The van der Waals surface area contributed by atoms with Crippen LogP contribution in [-0.4, -0.2) is 184 Å². The van der Waals surface area contributed by atoms with Crippen molar-refractivity contribution in [1.82, 2.24) is 77.0 Å². The number of benzene rings is 6. The predicted octanol–water partition coefficient (Wildman–Crippen LogP) is 6.79. The molecule has 4 fully saturated rings. The minimum Gasteiger partial charge on any atom is -0.487 e. The molecule has 8 aliphatic rings. The number of likely N-dealkylation sites (tertiary alicyclic amines) is 2. The number of carbonyl (C=O) groups is 10. The molecule has 16 rings (SSSR count). The van der Waals surface area contributed by atoms with E-state index in [0.29, 0.717) is 77.2 Å². The lowest BCUT2D eigenvalue weighted by Crippen LogP contribution is -2.60. The van der Waals surface area contributed by atoms with Gasteiger partial charge >= 0.3 is 11.9 Å². The highest BCUT2D eigenvalue weighted by molar-refractivity contribution is 5.98. The number of likely N-dealkylation sites (N-methyl/N-ethyl adjacent to an activating group) is 1. The fourth-order valence-corrected chi connectivity index (χ4v) is 16.4. The molecule has 0 spiro atoms. The average Bonchev–Trinajstić information content (AvgIpc) is 1.61. The van der Waals surface area contributed by atoms with Gasteiger partial charge in [0.25, 0.3) is 0 Å². The lowest BCUT2D eigenvalue weighted by atomic mass is 9.83. The first-order chi connectivity index (χ1) is 55.1. The molecule has 12 bridgehead atoms. The summed E-state index contributed by atoms with van der Waals surface area (Å²) in [5.74, 6) is -7.45. The molecule has 2 aromatic heterocycles. The third-order valence-corrected chi connectivity index (χ3v) is 23.4. The van der Waals surface area contributed by atoms with Crippen molar-refractivity contribution in [3.05, 3.63) is 179 Å². The molecular formula is C85H101N15O14. The van der Waals surface area contributed by atoms with Crippen LogP contribution >= 0.6 is 0 Å². The van der Waals surface area contributed by atoms with Gasteiger partial charge < -0.3 is 66.7 Å². The average molecular weight is 1560 g/mol. The Morgan fingerprint density at radius 3 is 1.31 bits per heavy atom. The first-order valence-corrected chi connectivity index (χ1v) is 39.9. The molecule has 114 heavy (non-hydrogen) atoms. The topological polar surface area (TPSA) is 382 Å². The second-order valence-electron chi connectivity index (χ2n) is 31.2. The van der Waals surface area contributed by atoms with Gasteiger partial charge in [0.15, 0.2) is 0 Å². The van der Waals surface area contributed by atoms with E-state index in [1.807, 2.05) is 91.9 Å². The van der Waals surface area contributed by atoms with E-state index in [0.717, 1.165) is 60.1 Å². The third-order valence-electron chi connectivity index (χ3n) is 23.4. The number of nitrogens with zero attached hydrogens (tertiary/aromatic N) is 8. The van der Waals surface area contributed by atoms with Gasteiger partial charge in [0, 0.05) is 57.5 Å². The molecule has 0 unspecified atom stereocenters. The Morgan fingerprint density at radius 2 is 0.912 bits per heavy atom. The standard InChI is InChI=1S/C85H101N15O14/c1-5-50(2)76(101)91-74(58-18-8-6-9-19-58)82(107)97-46-64-42-72(97)80(105)87-68(40-54-24-30-56-16-12-14-22-60(56)36-54)78(103)89-70(84(109)110)38-52-28-34-67(35-29-52)114-49-63-45-100(96-94-63)65-43-73(98(47-65)83(108)75(59-20-10-7-11-21-59)92-77(102)51(3)86-4)81(106)88-69(41-55-25-31-57-17-13-15-23-61(57)37-55)79(104)90-71(85(111)112)39-53-26-32-66(33-27-53)113-48-62-44-99(64)95-93-62/h12-17,22-37,44-45,50-51,58-59,64-65,68-75,86H,5-11,18-21,38-43,46-49H2,1-4H3,(H,87,105)(H,88,106)(H,89,103)(H,90,104)(H,91,101)(H,92,102)(H,109,110)(H,111,112)/t50-,51+,64+,65+,68+,69+,70+,71+,72+,73+,74+,75+/m1/s1. The minimum atomic E-state index is -1.50. The van der Waals surface area contributed by atoms with Crippen LogP contribution in [0.3, 0.4) is 0 Å². The van der Waals surface area contributed by atoms with Crippen LogP contribution < -0.4 is 46.7 Å². The van der Waals surface area contributed by atoms with Crippen LogP contribution in [0.2, 0.25) is 0 Å². The molecule has 9 N–H and O–H groups in total. The molecule has 12 atom stereocenters. The number of carboxylic acid groups (broad SMARTS) is 2. The Balaban J connectivity index is 0.820. The molecule has 29 heteroatoms. The summed E-state index contributed by atoms with van der Waals surface area (Å²) >= 11 is 0. The number of hydrogen-bond donors (Lipinski definition) is 9. The lowest BCUT2D eigenvalue weighted by molar-refractivity contribution is -0.144. The zero-order chi connectivity index (χ0) is 80.1. The Morgan fingerprint density at radius 1 is 0.509 bits per heavy atom. The summed E-state index contributed by atoms with van der Waals surface area (Å²) in [4.78, 5) is 149. The number of aliphatic carboxylic acids is 2. The van der Waals surface area contributed by atoms with Crippen molar-refractivity contribution < 1.29 is 67.6 Å². The van der Waals surface area contributed by atoms with Crippen LogP contribution in [0.15, 0.2) is 146 Å². The summed E-state index contributed by atoms with van der Waals surface area (Å²) in [6, 6.07) is 27.6. The third kappa shape index (κ3) is 19.7. The van der Waals surface area contributed by atoms with Gasteiger partial charge in [-0.1, -0.05) is 172 Å². The van der Waals surface area contributed by atoms with E-state index in [2.05, 4.69) is 57.8 Å². The van der Waals surface area contributed by atoms with E-state index in [-0.39, 0.29) is 82.6 Å². The number of fused-ring (bicyclic) bond motifs is 2. The number of hydrogen-bond acceptors (Lipinski definition) is 17. The number of aromatic nitrogens is 6. The maximum Gasteiger partial charge on any atom is 0.326 e. The van der Waals surface area contributed by atoms with Gasteiger partial charge in [0.1, 0.15) is 84.4 Å². The van der Waals surface area contributed by atoms with E-state index >= 15 is 28.8 Å². The molecule has 0 radical (unpaired) electrons. The van der Waals surface area contributed by atoms with Crippen molar-refractivity contribution in [3.63, 3.8) is 0 Å². The summed E-state index contributed by atoms with van der Waals surface area (Å²) < 4.78 is 15.6. The van der Waals surface area contributed by atoms with E-state index in [1.54, 1.807) is 91.2 Å². The van der Waals surface area contributed by atoms with Gasteiger partial charge in [-0.2, -0.15) is 0 Å². The number of amides is 8. The van der Waals surface area contributed by atoms with Crippen LogP contribution in [0.4, 0.5) is 0 Å². The maximum atomic E-state index is 15.5. The molecule has 6 aliphatic heterocycles. The normalized spacial score (nSPS) is 22.9. The molecular weight excluding hydrogens is 1460 g/mol. The van der Waals surface area contributed by atoms with Crippen molar-refractivity contribution in [1.29, 1.82) is 0 Å². The smallest absolute Gasteiger partial charge is 0.326 e. The minimum absolute atomic E-state index is 0.00160. The zero-order valence-corrected chi connectivity index (χ0v) is 64.7. The molecule has 600 valence electrons. The predicted molar refractivity (Wildman–Crippen MR) is 421 cm³/mol. The van der Waals surface area contributed by atoms with Gasteiger partial charge in [-0.05, 0) is 126 Å². The van der Waals surface area contributed by atoms with Gasteiger partial charge in [-0.3, -0.25) is 38.4 Å². The fourth-order valence-electron chi connectivity index (χ4n) is 16.4. The monoisotopic (exact) mass is 1560 g/mol. The first kappa shape index (κ1) is 80.4. The summed E-state index contributed by atoms with van der Waals surface area (Å²) in [5, 5.41) is 63.6. The van der Waals surface area contributed by atoms with Gasteiger partial charge in [-0.25, -0.2) is 19.0 Å². The summed E-state index contributed by atoms with van der Waals surface area (Å²) in [7, 11) is 1.64. The van der Waals surface area contributed by atoms with Crippen LogP contribution in [0.25, 0.3) is 21.5 Å². The van der Waals surface area contributed by atoms with Crippen molar-refractivity contribution in [3.8, 4) is 11.5 Å². The first-order valence-electron chi connectivity index (χ1n) is 39.9. The molecule has 8 aromatic rings. The molecule has 29 nitrogen and oxygen atoms in total. The molecule has 8 heterocycles. The quantitative estimate of drug-likeness (QED) is 0.0480. The highest BCUT2D eigenvalue weighted by Crippen LogP contribution is 2.36. The van der Waals surface area contributed by atoms with Gasteiger partial charge in [0.05, 0.1) is 30.5 Å². The SMILES string of the molecule is CC[C@@H](C)C(=O)N[C@H](C(=O)N1C[C@@H]2C[C@H]1C(=O)N[C@@H](Cc1ccc3ccccc3c1)C(=O)N[C@H](C(=O)O)Cc1ccc(cc1)OCc1cn(nn1)[C@H]1C[C@@H](C(=O)N[C@@H](Cc3ccc4ccccc4c3)C(=O)N[C@H](C(=O)O)Cc3ccc(cc3)OCc3cn2nn3)N(C(=O)[C@@H](NC(=O)[C@H](C)NC)C2CCCCC2)C1)C1CCCCC1. The molecule has 2 saturated heterocycles. The highest BCUT2D eigenvalue weighted by Gasteiger charge is 2.48. The van der Waals surface area contributed by atoms with E-state index < -0.39 is 126 Å². The number of rotatable bonds is 16. The second kappa shape index (κ2) is 36.9. The number of carboxylic acids is 2. The van der Waals surface area contributed by atoms with E-state index in [4.69, 9.17) is 9.47 Å². The molecule has 6 aromatic carbocycles. The fraction of sp³-hybridized carbons (Fsp3) is 0.459. The molecule has 8 amide bonds. The number of ether oxygens (including phenoxy) is 2. The van der Waals surface area contributed by atoms with Gasteiger partial charge in [0.2, 0.25) is 47.3 Å². The molecule has 2 aliphatic carbocycles. The highest BCUT2D eigenvalue weighted by atomic mass is 16.5. The number of nitrogens with one attached hydrogen (secondary N) is 7. The van der Waals surface area contributed by atoms with Crippen LogP contribution in [0.5, 0.6) is 11.5 Å². The van der Waals surface area contributed by atoms with Crippen LogP contribution in [0.1, 0.15) is 150 Å². The van der Waals surface area contributed by atoms with Crippen LogP contribution in [-0.2, 0) is 86.8 Å². The Kier molecular flexibility index (Phi) is 26.0. The summed E-state index contributed by atoms with van der Waals surface area (Å²) in [6.45, 7) is 5.07. The zero-order valence-electron chi connectivity index (χ0n) is 64.7. The Bertz CT molecular complexity index is 4490. The lowest BCUT2D eigenvalue weighted by Gasteiger charge is -2.35. The van der Waals surface area contributed by atoms with Crippen molar-refractivity contribution in [2.45, 2.75) is 210 Å². The maximum absolute atomic E-state index is 15.5. The molecule has 2 saturated carbocycles. The van der Waals surface area contributed by atoms with Crippen molar-refractivity contribution in [2.24, 2.45) is 17.8 Å². The van der Waals surface area contributed by atoms with Crippen molar-refractivity contribution in [2.75, 3.05) is 20.1 Å². The van der Waals surface area contributed by atoms with Crippen molar-refractivity contribution >= 4 is 80.7 Å². The number of carbonyl (C=O) groups excluding carboxylic acids is 8. The van der Waals surface area contributed by atoms with E-state index in [1.165, 1.54) is 9.80 Å². The summed E-state index contributed by atoms with van der Waals surface area (Å²) in [6.07, 6.45) is 11.3. The van der Waals surface area contributed by atoms with Gasteiger partial charge in [-0.15, -0.1) is 10.2 Å². The second-order valence-corrected chi connectivity index (χ2v) is 31.2. The largest absolute Gasteiger partial charge is 0.487 e. The summed E-state index contributed by atoms with van der Waals surface area (Å²) in [5.41, 5.74) is 3.07.